The first-order valence-corrected chi connectivity index (χ1v) is 10.5. The lowest BCUT2D eigenvalue weighted by Gasteiger charge is -2.14. The van der Waals surface area contributed by atoms with Crippen molar-refractivity contribution in [3.05, 3.63) is 55.6 Å². The summed E-state index contributed by atoms with van der Waals surface area (Å²) in [6.07, 6.45) is 1.65. The van der Waals surface area contributed by atoms with Crippen LogP contribution in [0, 0.1) is 5.82 Å². The number of rotatable bonds is 4. The average molecular weight is 533 g/mol. The van der Waals surface area contributed by atoms with Crippen LogP contribution in [0.1, 0.15) is 12.5 Å². The van der Waals surface area contributed by atoms with Gasteiger partial charge in [-0.3, -0.25) is 9.69 Å². The molecule has 1 N–H and O–H groups in total. The zero-order valence-electron chi connectivity index (χ0n) is 13.8. The Kier molecular flexibility index (Phi) is 6.25. The third kappa shape index (κ3) is 4.06. The van der Waals surface area contributed by atoms with Gasteiger partial charge in [0.05, 0.1) is 21.7 Å². The maximum atomic E-state index is 13.5. The number of halogens is 3. The highest BCUT2D eigenvalue weighted by atomic mass is 79.9. The van der Waals surface area contributed by atoms with Gasteiger partial charge < -0.3 is 9.84 Å². The van der Waals surface area contributed by atoms with Crippen LogP contribution in [0.5, 0.6) is 11.5 Å². The van der Waals surface area contributed by atoms with E-state index >= 15 is 0 Å². The maximum absolute atomic E-state index is 13.5. The number of carbonyl (C=O) groups is 1. The fourth-order valence-electron chi connectivity index (χ4n) is 2.43. The van der Waals surface area contributed by atoms with E-state index in [4.69, 9.17) is 17.0 Å². The summed E-state index contributed by atoms with van der Waals surface area (Å²) < 4.78 is 20.3. The number of aromatic hydroxyl groups is 1. The Morgan fingerprint density at radius 1 is 1.33 bits per heavy atom. The molecule has 3 rings (SSSR count). The van der Waals surface area contributed by atoms with Crippen molar-refractivity contribution in [2.24, 2.45) is 0 Å². The molecule has 9 heteroatoms. The van der Waals surface area contributed by atoms with Gasteiger partial charge in [0.1, 0.15) is 5.82 Å². The molecule has 2 aromatic rings. The van der Waals surface area contributed by atoms with Gasteiger partial charge in [-0.05, 0) is 74.7 Å². The van der Waals surface area contributed by atoms with Crippen LogP contribution in [0.25, 0.3) is 6.08 Å². The second kappa shape index (κ2) is 8.30. The van der Waals surface area contributed by atoms with Crippen molar-refractivity contribution in [1.29, 1.82) is 0 Å². The zero-order chi connectivity index (χ0) is 19.7. The van der Waals surface area contributed by atoms with Gasteiger partial charge in [0.2, 0.25) is 0 Å². The Labute approximate surface area is 181 Å². The molecule has 2 aromatic carbocycles. The molecule has 0 unspecified atom stereocenters. The van der Waals surface area contributed by atoms with Crippen molar-refractivity contribution in [3.8, 4) is 11.5 Å². The summed E-state index contributed by atoms with van der Waals surface area (Å²) in [5, 5.41) is 10.1. The van der Waals surface area contributed by atoms with E-state index in [9.17, 15) is 14.3 Å². The predicted molar refractivity (Wildman–Crippen MR) is 117 cm³/mol. The number of ether oxygens (including phenoxy) is 1. The van der Waals surface area contributed by atoms with Gasteiger partial charge in [-0.1, -0.05) is 30.0 Å². The normalized spacial score (nSPS) is 15.7. The van der Waals surface area contributed by atoms with E-state index in [2.05, 4.69) is 31.9 Å². The van der Waals surface area contributed by atoms with E-state index in [1.165, 1.54) is 23.1 Å². The highest BCUT2D eigenvalue weighted by Gasteiger charge is 2.33. The molecule has 140 valence electrons. The van der Waals surface area contributed by atoms with Crippen molar-refractivity contribution in [3.63, 3.8) is 0 Å². The van der Waals surface area contributed by atoms with Crippen LogP contribution in [0.4, 0.5) is 10.1 Å². The lowest BCUT2D eigenvalue weighted by molar-refractivity contribution is -0.113. The summed E-state index contributed by atoms with van der Waals surface area (Å²) in [6.45, 7) is 2.18. The molecular formula is C18H12Br2FNO3S2. The second-order valence-corrected chi connectivity index (χ2v) is 8.63. The SMILES string of the molecule is CCOc1cc(/C=C2/SC(=S)N(c3cccc(F)c3)C2=O)c(Br)c(Br)c1O. The van der Waals surface area contributed by atoms with Gasteiger partial charge in [0.25, 0.3) is 5.91 Å². The summed E-state index contributed by atoms with van der Waals surface area (Å²) in [5.74, 6) is -0.533. The molecule has 0 aliphatic carbocycles. The number of phenols is 1. The predicted octanol–water partition coefficient (Wildman–Crippen LogP) is 5.86. The van der Waals surface area contributed by atoms with Crippen LogP contribution in [0.3, 0.4) is 0 Å². The van der Waals surface area contributed by atoms with E-state index in [-0.39, 0.29) is 11.7 Å². The molecule has 1 heterocycles. The molecule has 1 saturated heterocycles. The number of thiocarbonyl (C=S) groups is 1. The molecule has 0 saturated carbocycles. The van der Waals surface area contributed by atoms with Crippen LogP contribution >= 0.6 is 55.8 Å². The van der Waals surface area contributed by atoms with Crippen molar-refractivity contribution in [2.75, 3.05) is 11.5 Å². The second-order valence-electron chi connectivity index (χ2n) is 5.37. The number of anilines is 1. The van der Waals surface area contributed by atoms with Crippen molar-refractivity contribution >= 4 is 77.8 Å². The highest BCUT2D eigenvalue weighted by molar-refractivity contribution is 9.13. The first-order valence-electron chi connectivity index (χ1n) is 7.70. The molecule has 1 aliphatic rings. The minimum atomic E-state index is -0.447. The van der Waals surface area contributed by atoms with Gasteiger partial charge in [0, 0.05) is 4.47 Å². The van der Waals surface area contributed by atoms with E-state index in [1.807, 2.05) is 0 Å². The lowest BCUT2D eigenvalue weighted by atomic mass is 10.1. The first-order chi connectivity index (χ1) is 12.8. The van der Waals surface area contributed by atoms with Gasteiger partial charge >= 0.3 is 0 Å². The molecule has 0 bridgehead atoms. The van der Waals surface area contributed by atoms with Crippen LogP contribution in [-0.4, -0.2) is 21.9 Å². The summed E-state index contributed by atoms with van der Waals surface area (Å²) >= 11 is 13.1. The number of phenolic OH excluding ortho intramolecular Hbond substituents is 1. The molecule has 0 radical (unpaired) electrons. The number of amides is 1. The first kappa shape index (κ1) is 20.3. The van der Waals surface area contributed by atoms with Crippen molar-refractivity contribution in [2.45, 2.75) is 6.92 Å². The van der Waals surface area contributed by atoms with Gasteiger partial charge in [0.15, 0.2) is 15.8 Å². The van der Waals surface area contributed by atoms with Gasteiger partial charge in [-0.25, -0.2) is 4.39 Å². The topological polar surface area (TPSA) is 49.8 Å². The Hall–Kier alpha value is -1.42. The Bertz CT molecular complexity index is 981. The molecule has 27 heavy (non-hydrogen) atoms. The van der Waals surface area contributed by atoms with Crippen molar-refractivity contribution < 1.29 is 19.0 Å². The fourth-order valence-corrected chi connectivity index (χ4v) is 4.56. The fraction of sp³-hybridized carbons (Fsp3) is 0.111. The Balaban J connectivity index is 2.01. The molecule has 4 nitrogen and oxygen atoms in total. The van der Waals surface area contributed by atoms with Gasteiger partial charge in [-0.15, -0.1) is 0 Å². The lowest BCUT2D eigenvalue weighted by Crippen LogP contribution is -2.27. The minimum absolute atomic E-state index is 0.0341. The third-order valence-corrected chi connectivity index (χ3v) is 7.08. The van der Waals surface area contributed by atoms with Crippen molar-refractivity contribution in [1.82, 2.24) is 0 Å². The van der Waals surface area contributed by atoms with E-state index in [0.717, 1.165) is 11.8 Å². The third-order valence-electron chi connectivity index (χ3n) is 3.62. The summed E-state index contributed by atoms with van der Waals surface area (Å²) in [6, 6.07) is 7.33. The molecule has 0 spiro atoms. The Morgan fingerprint density at radius 2 is 2.07 bits per heavy atom. The number of benzene rings is 2. The van der Waals surface area contributed by atoms with E-state index in [0.29, 0.717) is 41.8 Å². The zero-order valence-corrected chi connectivity index (χ0v) is 18.6. The van der Waals surface area contributed by atoms with E-state index in [1.54, 1.807) is 25.1 Å². The number of hydrogen-bond acceptors (Lipinski definition) is 5. The molecule has 1 amide bonds. The highest BCUT2D eigenvalue weighted by Crippen LogP contribution is 2.44. The molecular weight excluding hydrogens is 521 g/mol. The van der Waals surface area contributed by atoms with Crippen LogP contribution in [0.15, 0.2) is 44.2 Å². The number of hydrogen-bond donors (Lipinski definition) is 1. The Morgan fingerprint density at radius 3 is 2.74 bits per heavy atom. The number of carbonyl (C=O) groups excluding carboxylic acids is 1. The minimum Gasteiger partial charge on any atom is -0.503 e. The number of nitrogens with zero attached hydrogens (tertiary/aromatic N) is 1. The molecule has 0 aromatic heterocycles. The largest absolute Gasteiger partial charge is 0.503 e. The quantitative estimate of drug-likeness (QED) is 0.394. The standard InChI is InChI=1S/C18H12Br2FNO3S2/c1-2-25-12-6-9(14(19)15(20)16(12)23)7-13-17(24)22(18(26)27-13)11-5-3-4-10(21)8-11/h3-8,23H,2H2,1H3/b13-7+. The van der Waals surface area contributed by atoms with E-state index < -0.39 is 5.82 Å². The van der Waals surface area contributed by atoms with Gasteiger partial charge in [-0.2, -0.15) is 0 Å². The molecule has 1 aliphatic heterocycles. The summed E-state index contributed by atoms with van der Waals surface area (Å²) in [4.78, 5) is 14.5. The van der Waals surface area contributed by atoms with Crippen LogP contribution < -0.4 is 9.64 Å². The summed E-state index contributed by atoms with van der Waals surface area (Å²) in [5.41, 5.74) is 1.00. The monoisotopic (exact) mass is 531 g/mol. The smallest absolute Gasteiger partial charge is 0.270 e. The number of thioether (sulfide) groups is 1. The summed E-state index contributed by atoms with van der Waals surface area (Å²) in [7, 11) is 0. The molecule has 0 atom stereocenters. The average Bonchev–Trinajstić information content (AvgIpc) is 2.91. The van der Waals surface area contributed by atoms with Crippen LogP contribution in [-0.2, 0) is 4.79 Å². The molecule has 1 fully saturated rings. The van der Waals surface area contributed by atoms with Crippen LogP contribution in [0.2, 0.25) is 0 Å². The maximum Gasteiger partial charge on any atom is 0.270 e.